The first-order valence-corrected chi connectivity index (χ1v) is 9.49. The summed E-state index contributed by atoms with van der Waals surface area (Å²) in [5.41, 5.74) is 1.22. The molecule has 0 saturated heterocycles. The number of hydrogen-bond donors (Lipinski definition) is 2. The summed E-state index contributed by atoms with van der Waals surface area (Å²) in [6.07, 6.45) is 1.83. The first-order chi connectivity index (χ1) is 11.9. The molecule has 2 rings (SSSR count). The second kappa shape index (κ2) is 8.85. The van der Waals surface area contributed by atoms with Gasteiger partial charge >= 0.3 is 0 Å². The Hall–Kier alpha value is -2.08. The third-order valence-electron chi connectivity index (χ3n) is 3.92. The van der Waals surface area contributed by atoms with E-state index < -0.39 is 0 Å². The maximum atomic E-state index is 4.72. The number of guanidine groups is 1. The van der Waals surface area contributed by atoms with Crippen LogP contribution in [-0.4, -0.2) is 38.1 Å². The fourth-order valence-corrected chi connectivity index (χ4v) is 3.22. The summed E-state index contributed by atoms with van der Waals surface area (Å²) in [5, 5.41) is 8.93. The van der Waals surface area contributed by atoms with E-state index in [9.17, 15) is 0 Å². The molecule has 0 aliphatic heterocycles. The van der Waals surface area contributed by atoms with Crippen molar-refractivity contribution in [1.82, 2.24) is 15.6 Å². The molecule has 0 bridgehead atoms. The molecule has 0 radical (unpaired) electrons. The monoisotopic (exact) mass is 359 g/mol. The van der Waals surface area contributed by atoms with Crippen LogP contribution in [0.25, 0.3) is 0 Å². The fraction of sp³-hybridized carbons (Fsp3) is 0.474. The van der Waals surface area contributed by atoms with Gasteiger partial charge in [0.25, 0.3) is 0 Å². The van der Waals surface area contributed by atoms with Crippen molar-refractivity contribution in [3.05, 3.63) is 46.3 Å². The highest BCUT2D eigenvalue weighted by molar-refractivity contribution is 7.10. The van der Waals surface area contributed by atoms with Gasteiger partial charge in [0.1, 0.15) is 5.82 Å². The molecule has 0 spiro atoms. The molecule has 0 aromatic carbocycles. The zero-order valence-corrected chi connectivity index (χ0v) is 16.7. The highest BCUT2D eigenvalue weighted by Gasteiger charge is 2.21. The minimum Gasteiger partial charge on any atom is -0.363 e. The van der Waals surface area contributed by atoms with Crippen molar-refractivity contribution in [2.75, 3.05) is 32.1 Å². The summed E-state index contributed by atoms with van der Waals surface area (Å²) in [4.78, 5) is 12.4. The zero-order chi connectivity index (χ0) is 18.3. The number of aliphatic imine (C=N–C) groups is 1. The van der Waals surface area contributed by atoms with Crippen molar-refractivity contribution < 1.29 is 0 Å². The molecule has 0 aliphatic rings. The van der Waals surface area contributed by atoms with Crippen LogP contribution in [0.15, 0.2) is 40.8 Å². The van der Waals surface area contributed by atoms with Gasteiger partial charge in [-0.3, -0.25) is 0 Å². The van der Waals surface area contributed by atoms with Gasteiger partial charge in [-0.05, 0) is 36.1 Å². The lowest BCUT2D eigenvalue weighted by Crippen LogP contribution is -2.43. The van der Waals surface area contributed by atoms with Crippen molar-refractivity contribution in [2.45, 2.75) is 32.7 Å². The summed E-state index contributed by atoms with van der Waals surface area (Å²) in [7, 11) is 3.99. The van der Waals surface area contributed by atoms with E-state index in [-0.39, 0.29) is 5.41 Å². The summed E-state index contributed by atoms with van der Waals surface area (Å²) >= 11 is 1.80. The van der Waals surface area contributed by atoms with Crippen LogP contribution in [-0.2, 0) is 12.0 Å². The molecule has 0 amide bonds. The number of hydrogen-bond acceptors (Lipinski definition) is 4. The molecule has 136 valence electrons. The average molecular weight is 360 g/mol. The Morgan fingerprint density at radius 3 is 2.72 bits per heavy atom. The summed E-state index contributed by atoms with van der Waals surface area (Å²) in [5.74, 6) is 1.79. The third-order valence-corrected chi connectivity index (χ3v) is 5.15. The molecule has 2 heterocycles. The van der Waals surface area contributed by atoms with E-state index in [1.54, 1.807) is 11.3 Å². The lowest BCUT2D eigenvalue weighted by atomic mass is 9.91. The Morgan fingerprint density at radius 1 is 1.28 bits per heavy atom. The van der Waals surface area contributed by atoms with E-state index in [0.29, 0.717) is 6.54 Å². The van der Waals surface area contributed by atoms with Gasteiger partial charge in [0.15, 0.2) is 5.96 Å². The molecule has 2 N–H and O–H groups in total. The Bertz CT molecular complexity index is 677. The topological polar surface area (TPSA) is 52.6 Å². The molecule has 6 heteroatoms. The predicted molar refractivity (Wildman–Crippen MR) is 109 cm³/mol. The van der Waals surface area contributed by atoms with E-state index in [4.69, 9.17) is 4.99 Å². The van der Waals surface area contributed by atoms with E-state index in [2.05, 4.69) is 60.0 Å². The highest BCUT2D eigenvalue weighted by atomic mass is 32.1. The molecule has 0 aliphatic carbocycles. The smallest absolute Gasteiger partial charge is 0.191 e. The third kappa shape index (κ3) is 5.74. The van der Waals surface area contributed by atoms with Gasteiger partial charge in [0.05, 0.1) is 6.54 Å². The van der Waals surface area contributed by atoms with Gasteiger partial charge in [-0.15, -0.1) is 11.3 Å². The standard InChI is InChI=1S/C19H29N5S/c1-6-20-18(23-14-19(2,3)16-8-7-11-25-16)22-13-15-9-10-21-17(12-15)24(4)5/h7-12H,6,13-14H2,1-5H3,(H2,20,22,23). The highest BCUT2D eigenvalue weighted by Crippen LogP contribution is 2.26. The van der Waals surface area contributed by atoms with Gasteiger partial charge in [0.2, 0.25) is 0 Å². The van der Waals surface area contributed by atoms with Crippen molar-refractivity contribution >= 4 is 23.1 Å². The molecule has 2 aromatic heterocycles. The fourth-order valence-electron chi connectivity index (χ4n) is 2.37. The molecule has 5 nitrogen and oxygen atoms in total. The summed E-state index contributed by atoms with van der Waals surface area (Å²) in [6, 6.07) is 8.38. The maximum Gasteiger partial charge on any atom is 0.191 e. The molecule has 0 unspecified atom stereocenters. The number of anilines is 1. The number of nitrogens with zero attached hydrogens (tertiary/aromatic N) is 3. The van der Waals surface area contributed by atoms with E-state index in [1.807, 2.05) is 31.3 Å². The lowest BCUT2D eigenvalue weighted by Gasteiger charge is -2.25. The maximum absolute atomic E-state index is 4.72. The second-order valence-electron chi connectivity index (χ2n) is 6.83. The van der Waals surface area contributed by atoms with E-state index in [0.717, 1.165) is 30.4 Å². The van der Waals surface area contributed by atoms with Crippen molar-refractivity contribution in [3.63, 3.8) is 0 Å². The van der Waals surface area contributed by atoms with Gasteiger partial charge < -0.3 is 15.5 Å². The van der Waals surface area contributed by atoms with Crippen molar-refractivity contribution in [3.8, 4) is 0 Å². The first kappa shape index (κ1) is 19.2. The molecule has 2 aromatic rings. The first-order valence-electron chi connectivity index (χ1n) is 8.61. The molecular weight excluding hydrogens is 330 g/mol. The largest absolute Gasteiger partial charge is 0.363 e. The minimum atomic E-state index is 0.0686. The van der Waals surface area contributed by atoms with Crippen LogP contribution in [0.5, 0.6) is 0 Å². The zero-order valence-electron chi connectivity index (χ0n) is 15.8. The van der Waals surface area contributed by atoms with Gasteiger partial charge in [-0.25, -0.2) is 9.98 Å². The predicted octanol–water partition coefficient (Wildman–Crippen LogP) is 3.24. The second-order valence-corrected chi connectivity index (χ2v) is 7.77. The Balaban J connectivity index is 2.02. The van der Waals surface area contributed by atoms with Crippen LogP contribution >= 0.6 is 11.3 Å². The van der Waals surface area contributed by atoms with Gasteiger partial charge in [-0.2, -0.15) is 0 Å². The summed E-state index contributed by atoms with van der Waals surface area (Å²) < 4.78 is 0. The van der Waals surface area contributed by atoms with E-state index in [1.165, 1.54) is 4.88 Å². The number of rotatable bonds is 7. The lowest BCUT2D eigenvalue weighted by molar-refractivity contribution is 0.518. The van der Waals surface area contributed by atoms with E-state index >= 15 is 0 Å². The Morgan fingerprint density at radius 2 is 2.08 bits per heavy atom. The molecule has 0 fully saturated rings. The molecule has 0 atom stereocenters. The van der Waals surface area contributed by atoms with Crippen LogP contribution in [0.1, 0.15) is 31.2 Å². The Labute approximate surface area is 155 Å². The normalized spacial score (nSPS) is 12.1. The molecule has 0 saturated carbocycles. The van der Waals surface area contributed by atoms with Crippen LogP contribution in [0, 0.1) is 0 Å². The number of aromatic nitrogens is 1. The van der Waals surface area contributed by atoms with Crippen LogP contribution in [0.3, 0.4) is 0 Å². The quantitative estimate of drug-likeness (QED) is 0.589. The van der Waals surface area contributed by atoms with Gasteiger partial charge in [-0.1, -0.05) is 19.9 Å². The van der Waals surface area contributed by atoms with Crippen LogP contribution in [0.4, 0.5) is 5.82 Å². The Kier molecular flexibility index (Phi) is 6.82. The van der Waals surface area contributed by atoms with Gasteiger partial charge in [0, 0.05) is 43.7 Å². The van der Waals surface area contributed by atoms with Crippen molar-refractivity contribution in [2.24, 2.45) is 4.99 Å². The number of nitrogens with one attached hydrogen (secondary N) is 2. The van der Waals surface area contributed by atoms with Crippen LogP contribution in [0.2, 0.25) is 0 Å². The summed E-state index contributed by atoms with van der Waals surface area (Å²) in [6.45, 7) is 8.88. The minimum absolute atomic E-state index is 0.0686. The molecule has 25 heavy (non-hydrogen) atoms. The molecular formula is C19H29N5S. The average Bonchev–Trinajstić information content (AvgIpc) is 3.13. The SMILES string of the molecule is CCNC(=NCc1ccnc(N(C)C)c1)NCC(C)(C)c1cccs1. The number of thiophene rings is 1. The van der Waals surface area contributed by atoms with Crippen molar-refractivity contribution in [1.29, 1.82) is 0 Å². The number of pyridine rings is 1. The van der Waals surface area contributed by atoms with Crippen LogP contribution < -0.4 is 15.5 Å².